The molecular formula is C13H15NO5. The maximum absolute atomic E-state index is 11.6. The summed E-state index contributed by atoms with van der Waals surface area (Å²) in [6, 6.07) is 7.27. The Balaban J connectivity index is 2.15. The minimum absolute atomic E-state index is 0.217. The fourth-order valence-corrected chi connectivity index (χ4v) is 2.00. The topological polar surface area (TPSA) is 76.1 Å². The zero-order valence-corrected chi connectivity index (χ0v) is 10.5. The fraction of sp³-hybridized carbons (Fsp3) is 0.385. The van der Waals surface area contributed by atoms with E-state index in [-0.39, 0.29) is 13.1 Å². The molecule has 0 aliphatic carbocycles. The lowest BCUT2D eigenvalue weighted by molar-refractivity contribution is -0.137. The van der Waals surface area contributed by atoms with Gasteiger partial charge >= 0.3 is 12.1 Å². The zero-order valence-electron chi connectivity index (χ0n) is 10.5. The number of carboxylic acids is 1. The van der Waals surface area contributed by atoms with Crippen molar-refractivity contribution in [3.8, 4) is 5.75 Å². The summed E-state index contributed by atoms with van der Waals surface area (Å²) >= 11 is 0. The van der Waals surface area contributed by atoms with Crippen molar-refractivity contribution in [2.75, 3.05) is 19.7 Å². The number of cyclic esters (lactones) is 1. The number of rotatable bonds is 5. The third kappa shape index (κ3) is 2.96. The number of carboxylic acid groups (broad SMARTS) is 1. The summed E-state index contributed by atoms with van der Waals surface area (Å²) in [5, 5.41) is 8.71. The van der Waals surface area contributed by atoms with Crippen LogP contribution in [0.2, 0.25) is 0 Å². The van der Waals surface area contributed by atoms with Gasteiger partial charge in [-0.2, -0.15) is 0 Å². The number of carbonyl (C=O) groups is 2. The number of ether oxygens (including phenoxy) is 2. The molecule has 6 nitrogen and oxygen atoms in total. The van der Waals surface area contributed by atoms with Crippen molar-refractivity contribution < 1.29 is 24.2 Å². The van der Waals surface area contributed by atoms with Gasteiger partial charge in [-0.25, -0.2) is 4.79 Å². The van der Waals surface area contributed by atoms with Gasteiger partial charge in [0.05, 0.1) is 13.2 Å². The van der Waals surface area contributed by atoms with E-state index in [9.17, 15) is 9.59 Å². The van der Waals surface area contributed by atoms with Crippen molar-refractivity contribution in [1.82, 2.24) is 4.90 Å². The quantitative estimate of drug-likeness (QED) is 0.876. The standard InChI is InChI=1S/C13H15NO5/c1-2-18-10-6-4-3-5-9(10)11-7-14(8-12(15)16)13(17)19-11/h3-6,11H,2,7-8H2,1H3,(H,15,16). The molecule has 0 saturated carbocycles. The molecule has 1 unspecified atom stereocenters. The lowest BCUT2D eigenvalue weighted by Crippen LogP contribution is -2.30. The Morgan fingerprint density at radius 3 is 2.95 bits per heavy atom. The Labute approximate surface area is 110 Å². The second kappa shape index (κ2) is 5.60. The van der Waals surface area contributed by atoms with Crippen molar-refractivity contribution in [3.05, 3.63) is 29.8 Å². The van der Waals surface area contributed by atoms with Gasteiger partial charge in [0, 0.05) is 5.56 Å². The van der Waals surface area contributed by atoms with Gasteiger partial charge in [-0.1, -0.05) is 18.2 Å². The average molecular weight is 265 g/mol. The number of hydrogen-bond acceptors (Lipinski definition) is 4. The number of nitrogens with zero attached hydrogens (tertiary/aromatic N) is 1. The van der Waals surface area contributed by atoms with Crippen LogP contribution in [0.15, 0.2) is 24.3 Å². The number of carbonyl (C=O) groups excluding carboxylic acids is 1. The van der Waals surface area contributed by atoms with Crippen LogP contribution in [0.3, 0.4) is 0 Å². The molecule has 102 valence electrons. The highest BCUT2D eigenvalue weighted by Crippen LogP contribution is 2.32. The largest absolute Gasteiger partial charge is 0.493 e. The van der Waals surface area contributed by atoms with Gasteiger partial charge in [0.25, 0.3) is 0 Å². The second-order valence-corrected chi connectivity index (χ2v) is 4.12. The van der Waals surface area contributed by atoms with E-state index in [1.165, 1.54) is 0 Å². The van der Waals surface area contributed by atoms with Crippen molar-refractivity contribution in [3.63, 3.8) is 0 Å². The summed E-state index contributed by atoms with van der Waals surface area (Å²) in [5.74, 6) is -0.407. The first kappa shape index (κ1) is 13.2. The third-order valence-electron chi connectivity index (χ3n) is 2.78. The van der Waals surface area contributed by atoms with Gasteiger partial charge in [0.1, 0.15) is 18.4 Å². The Morgan fingerprint density at radius 1 is 1.53 bits per heavy atom. The fourth-order valence-electron chi connectivity index (χ4n) is 2.00. The minimum atomic E-state index is -1.06. The normalized spacial score (nSPS) is 18.3. The molecule has 0 spiro atoms. The van der Waals surface area contributed by atoms with Gasteiger partial charge in [-0.15, -0.1) is 0 Å². The van der Waals surface area contributed by atoms with Crippen LogP contribution in [-0.4, -0.2) is 41.8 Å². The van der Waals surface area contributed by atoms with Gasteiger partial charge < -0.3 is 14.6 Å². The van der Waals surface area contributed by atoms with Crippen molar-refractivity contribution >= 4 is 12.1 Å². The lowest BCUT2D eigenvalue weighted by atomic mass is 10.1. The van der Waals surface area contributed by atoms with E-state index in [1.54, 1.807) is 6.07 Å². The average Bonchev–Trinajstić information content (AvgIpc) is 2.71. The summed E-state index contributed by atoms with van der Waals surface area (Å²) in [6.07, 6.45) is -1.10. The van der Waals surface area contributed by atoms with E-state index in [1.807, 2.05) is 25.1 Å². The number of amides is 1. The summed E-state index contributed by atoms with van der Waals surface area (Å²) in [5.41, 5.74) is 0.755. The van der Waals surface area contributed by atoms with Crippen LogP contribution in [-0.2, 0) is 9.53 Å². The highest BCUT2D eigenvalue weighted by molar-refractivity contribution is 5.78. The van der Waals surface area contributed by atoms with Crippen LogP contribution in [0, 0.1) is 0 Å². The molecule has 2 rings (SSSR count). The molecule has 1 heterocycles. The SMILES string of the molecule is CCOc1ccccc1C1CN(CC(=O)O)C(=O)O1. The Bertz CT molecular complexity index is 488. The van der Waals surface area contributed by atoms with Crippen LogP contribution in [0.1, 0.15) is 18.6 Å². The van der Waals surface area contributed by atoms with E-state index in [4.69, 9.17) is 14.6 Å². The highest BCUT2D eigenvalue weighted by atomic mass is 16.6. The predicted molar refractivity (Wildman–Crippen MR) is 66.0 cm³/mol. The van der Waals surface area contributed by atoms with Crippen LogP contribution < -0.4 is 4.74 Å². The van der Waals surface area contributed by atoms with Crippen molar-refractivity contribution in [2.45, 2.75) is 13.0 Å². The van der Waals surface area contributed by atoms with E-state index < -0.39 is 18.2 Å². The maximum Gasteiger partial charge on any atom is 0.411 e. The molecule has 1 saturated heterocycles. The first-order valence-electron chi connectivity index (χ1n) is 6.01. The Kier molecular flexibility index (Phi) is 3.89. The van der Waals surface area contributed by atoms with Crippen molar-refractivity contribution in [1.29, 1.82) is 0 Å². The third-order valence-corrected chi connectivity index (χ3v) is 2.78. The molecule has 1 amide bonds. The molecule has 1 aliphatic heterocycles. The Hall–Kier alpha value is -2.24. The van der Waals surface area contributed by atoms with E-state index in [2.05, 4.69) is 0 Å². The lowest BCUT2D eigenvalue weighted by Gasteiger charge is -2.14. The zero-order chi connectivity index (χ0) is 13.8. The highest BCUT2D eigenvalue weighted by Gasteiger charge is 2.34. The monoisotopic (exact) mass is 265 g/mol. The molecule has 1 aromatic rings. The molecule has 1 aromatic carbocycles. The maximum atomic E-state index is 11.6. The van der Waals surface area contributed by atoms with E-state index >= 15 is 0 Å². The molecular weight excluding hydrogens is 250 g/mol. The smallest absolute Gasteiger partial charge is 0.411 e. The van der Waals surface area contributed by atoms with Crippen LogP contribution in [0.25, 0.3) is 0 Å². The van der Waals surface area contributed by atoms with E-state index in [0.29, 0.717) is 12.4 Å². The number of para-hydroxylation sites is 1. The van der Waals surface area contributed by atoms with Crippen LogP contribution >= 0.6 is 0 Å². The number of benzene rings is 1. The predicted octanol–water partition coefficient (Wildman–Crippen LogP) is 1.66. The van der Waals surface area contributed by atoms with Crippen LogP contribution in [0.5, 0.6) is 5.75 Å². The summed E-state index contributed by atoms with van der Waals surface area (Å²) < 4.78 is 10.7. The molecule has 0 bridgehead atoms. The molecule has 19 heavy (non-hydrogen) atoms. The van der Waals surface area contributed by atoms with Gasteiger partial charge in [-0.05, 0) is 13.0 Å². The molecule has 0 radical (unpaired) electrons. The first-order chi connectivity index (χ1) is 9.11. The molecule has 1 atom stereocenters. The number of hydrogen-bond donors (Lipinski definition) is 1. The first-order valence-corrected chi connectivity index (χ1v) is 6.01. The summed E-state index contributed by atoms with van der Waals surface area (Å²) in [7, 11) is 0. The molecule has 6 heteroatoms. The van der Waals surface area contributed by atoms with Crippen LogP contribution in [0.4, 0.5) is 4.79 Å². The molecule has 1 N–H and O–H groups in total. The summed E-state index contributed by atoms with van der Waals surface area (Å²) in [4.78, 5) is 23.4. The van der Waals surface area contributed by atoms with Gasteiger partial charge in [-0.3, -0.25) is 9.69 Å². The molecule has 0 aromatic heterocycles. The molecule has 1 fully saturated rings. The Morgan fingerprint density at radius 2 is 2.26 bits per heavy atom. The van der Waals surface area contributed by atoms with E-state index in [0.717, 1.165) is 10.5 Å². The molecule has 1 aliphatic rings. The second-order valence-electron chi connectivity index (χ2n) is 4.12. The van der Waals surface area contributed by atoms with Crippen molar-refractivity contribution in [2.24, 2.45) is 0 Å². The number of aliphatic carboxylic acids is 1. The van der Waals surface area contributed by atoms with Gasteiger partial charge in [0.2, 0.25) is 0 Å². The minimum Gasteiger partial charge on any atom is -0.493 e. The summed E-state index contributed by atoms with van der Waals surface area (Å²) in [6.45, 7) is 2.24. The van der Waals surface area contributed by atoms with Gasteiger partial charge in [0.15, 0.2) is 0 Å².